The van der Waals surface area contributed by atoms with E-state index >= 15 is 0 Å². The van der Waals surface area contributed by atoms with Crippen molar-refractivity contribution >= 4 is 11.6 Å². The molecule has 2 rings (SSSR count). The minimum absolute atomic E-state index is 0.222. The molecule has 3 unspecified atom stereocenters. The van der Waals surface area contributed by atoms with E-state index in [1.54, 1.807) is 6.07 Å². The maximum absolute atomic E-state index is 13.0. The summed E-state index contributed by atoms with van der Waals surface area (Å²) in [5, 5.41) is 0.491. The Hall–Kier alpha value is -0.640. The summed E-state index contributed by atoms with van der Waals surface area (Å²) in [6.07, 6.45) is 5.73. The van der Waals surface area contributed by atoms with Gasteiger partial charge in [0.25, 0.3) is 0 Å². The number of hydrogen-bond acceptors (Lipinski definition) is 2. The van der Waals surface area contributed by atoms with Gasteiger partial charge in [-0.1, -0.05) is 37.4 Å². The van der Waals surface area contributed by atoms with Gasteiger partial charge >= 0.3 is 0 Å². The van der Waals surface area contributed by atoms with E-state index in [2.05, 4.69) is 12.3 Å². The SMILES string of the molecule is CCC1CCC(C(Cc2ccc(F)cc2Cl)NN)C1. The number of benzene rings is 1. The second kappa shape index (κ2) is 6.69. The fourth-order valence-electron chi connectivity index (χ4n) is 3.14. The molecule has 3 N–H and O–H groups in total. The first kappa shape index (κ1) is 14.8. The normalized spacial score (nSPS) is 24.6. The van der Waals surface area contributed by atoms with Crippen LogP contribution in [0.2, 0.25) is 5.02 Å². The van der Waals surface area contributed by atoms with Gasteiger partial charge in [0.15, 0.2) is 0 Å². The molecule has 0 saturated heterocycles. The third-order valence-corrected chi connectivity index (χ3v) is 4.75. The van der Waals surface area contributed by atoms with Crippen molar-refractivity contribution in [2.45, 2.75) is 45.1 Å². The fraction of sp³-hybridized carbons (Fsp3) is 0.600. The molecule has 3 atom stereocenters. The van der Waals surface area contributed by atoms with Crippen molar-refractivity contribution in [3.8, 4) is 0 Å². The highest BCUT2D eigenvalue weighted by Crippen LogP contribution is 2.36. The Kier molecular flexibility index (Phi) is 5.20. The Morgan fingerprint density at radius 2 is 2.26 bits per heavy atom. The molecular weight excluding hydrogens is 263 g/mol. The standard InChI is InChI=1S/C15H22ClFN2/c1-2-10-3-4-12(7-10)15(19-18)8-11-5-6-13(17)9-14(11)16/h5-6,9-10,12,15,19H,2-4,7-8,18H2,1H3. The van der Waals surface area contributed by atoms with Crippen molar-refractivity contribution in [3.63, 3.8) is 0 Å². The Balaban J connectivity index is 2.03. The summed E-state index contributed by atoms with van der Waals surface area (Å²) in [4.78, 5) is 0. The monoisotopic (exact) mass is 284 g/mol. The van der Waals surface area contributed by atoms with Crippen molar-refractivity contribution in [3.05, 3.63) is 34.6 Å². The lowest BCUT2D eigenvalue weighted by atomic mass is 9.91. The molecule has 4 heteroatoms. The van der Waals surface area contributed by atoms with E-state index in [-0.39, 0.29) is 11.9 Å². The first-order valence-corrected chi connectivity index (χ1v) is 7.41. The predicted molar refractivity (Wildman–Crippen MR) is 77.3 cm³/mol. The molecule has 0 bridgehead atoms. The molecule has 1 aliphatic rings. The predicted octanol–water partition coefficient (Wildman–Crippen LogP) is 3.68. The summed E-state index contributed by atoms with van der Waals surface area (Å²) >= 11 is 6.08. The number of hydrazine groups is 1. The third kappa shape index (κ3) is 3.68. The lowest BCUT2D eigenvalue weighted by molar-refractivity contribution is 0.348. The van der Waals surface area contributed by atoms with Crippen molar-refractivity contribution in [1.29, 1.82) is 0 Å². The molecule has 1 aromatic carbocycles. The molecule has 1 fully saturated rings. The van der Waals surface area contributed by atoms with E-state index in [1.165, 1.54) is 37.8 Å². The van der Waals surface area contributed by atoms with Gasteiger partial charge in [-0.25, -0.2) is 4.39 Å². The number of nitrogens with two attached hydrogens (primary N) is 1. The van der Waals surface area contributed by atoms with Crippen LogP contribution in [0.15, 0.2) is 18.2 Å². The lowest BCUT2D eigenvalue weighted by Gasteiger charge is -2.23. The highest BCUT2D eigenvalue weighted by Gasteiger charge is 2.29. The average Bonchev–Trinajstić information content (AvgIpc) is 2.86. The summed E-state index contributed by atoms with van der Waals surface area (Å²) in [6.45, 7) is 2.24. The summed E-state index contributed by atoms with van der Waals surface area (Å²) in [5.41, 5.74) is 3.89. The van der Waals surface area contributed by atoms with Crippen LogP contribution in [0.25, 0.3) is 0 Å². The summed E-state index contributed by atoms with van der Waals surface area (Å²) < 4.78 is 13.0. The van der Waals surface area contributed by atoms with Gasteiger partial charge in [0.2, 0.25) is 0 Å². The van der Waals surface area contributed by atoms with Crippen molar-refractivity contribution in [1.82, 2.24) is 5.43 Å². The Bertz CT molecular complexity index is 425. The number of nitrogens with one attached hydrogen (secondary N) is 1. The first-order valence-electron chi connectivity index (χ1n) is 7.04. The molecule has 0 radical (unpaired) electrons. The molecule has 0 aliphatic heterocycles. The van der Waals surface area contributed by atoms with Crippen LogP contribution in [0.4, 0.5) is 4.39 Å². The molecule has 0 heterocycles. The minimum Gasteiger partial charge on any atom is -0.271 e. The largest absolute Gasteiger partial charge is 0.271 e. The zero-order valence-electron chi connectivity index (χ0n) is 11.3. The molecule has 0 aromatic heterocycles. The Morgan fingerprint density at radius 3 is 2.84 bits per heavy atom. The van der Waals surface area contributed by atoms with Crippen molar-refractivity contribution in [2.24, 2.45) is 17.7 Å². The van der Waals surface area contributed by atoms with E-state index in [4.69, 9.17) is 17.4 Å². The van der Waals surface area contributed by atoms with E-state index < -0.39 is 0 Å². The number of halogens is 2. The van der Waals surface area contributed by atoms with Crippen LogP contribution in [0.5, 0.6) is 0 Å². The molecule has 19 heavy (non-hydrogen) atoms. The Morgan fingerprint density at radius 1 is 1.47 bits per heavy atom. The lowest BCUT2D eigenvalue weighted by Crippen LogP contribution is -2.41. The van der Waals surface area contributed by atoms with Gasteiger partial charge in [0.05, 0.1) is 0 Å². The van der Waals surface area contributed by atoms with Gasteiger partial charge in [0.1, 0.15) is 5.82 Å². The molecular formula is C15H22ClFN2. The fourth-order valence-corrected chi connectivity index (χ4v) is 3.38. The third-order valence-electron chi connectivity index (χ3n) is 4.40. The zero-order valence-corrected chi connectivity index (χ0v) is 12.1. The number of rotatable bonds is 5. The van der Waals surface area contributed by atoms with Crippen LogP contribution in [0, 0.1) is 17.7 Å². The topological polar surface area (TPSA) is 38.0 Å². The second-order valence-corrected chi connectivity index (χ2v) is 5.97. The highest BCUT2D eigenvalue weighted by molar-refractivity contribution is 6.31. The van der Waals surface area contributed by atoms with Gasteiger partial charge < -0.3 is 0 Å². The second-order valence-electron chi connectivity index (χ2n) is 5.56. The van der Waals surface area contributed by atoms with E-state index in [0.29, 0.717) is 10.9 Å². The van der Waals surface area contributed by atoms with Crippen molar-refractivity contribution in [2.75, 3.05) is 0 Å². The summed E-state index contributed by atoms with van der Waals surface area (Å²) in [6, 6.07) is 4.81. The summed E-state index contributed by atoms with van der Waals surface area (Å²) in [5.74, 6) is 6.82. The molecule has 0 amide bonds. The summed E-state index contributed by atoms with van der Waals surface area (Å²) in [7, 11) is 0. The molecule has 106 valence electrons. The first-order chi connectivity index (χ1) is 9.13. The Labute approximate surface area is 119 Å². The van der Waals surface area contributed by atoms with E-state index in [9.17, 15) is 4.39 Å². The van der Waals surface area contributed by atoms with Crippen LogP contribution in [-0.2, 0) is 6.42 Å². The maximum atomic E-state index is 13.0. The van der Waals surface area contributed by atoms with Crippen LogP contribution >= 0.6 is 11.6 Å². The maximum Gasteiger partial charge on any atom is 0.124 e. The quantitative estimate of drug-likeness (QED) is 0.639. The smallest absolute Gasteiger partial charge is 0.124 e. The molecule has 0 spiro atoms. The van der Waals surface area contributed by atoms with Gasteiger partial charge in [-0.15, -0.1) is 0 Å². The van der Waals surface area contributed by atoms with E-state index in [0.717, 1.165) is 17.9 Å². The zero-order chi connectivity index (χ0) is 13.8. The van der Waals surface area contributed by atoms with Crippen LogP contribution in [-0.4, -0.2) is 6.04 Å². The van der Waals surface area contributed by atoms with Crippen LogP contribution in [0.1, 0.15) is 38.2 Å². The van der Waals surface area contributed by atoms with E-state index in [1.807, 2.05) is 0 Å². The van der Waals surface area contributed by atoms with Gasteiger partial charge in [-0.05, 0) is 48.8 Å². The molecule has 1 aliphatic carbocycles. The van der Waals surface area contributed by atoms with Crippen LogP contribution in [0.3, 0.4) is 0 Å². The average molecular weight is 285 g/mol. The van der Waals surface area contributed by atoms with Gasteiger partial charge in [0, 0.05) is 11.1 Å². The minimum atomic E-state index is -0.294. The van der Waals surface area contributed by atoms with Gasteiger partial charge in [-0.2, -0.15) is 0 Å². The molecule has 1 aromatic rings. The van der Waals surface area contributed by atoms with Crippen LogP contribution < -0.4 is 11.3 Å². The molecule has 1 saturated carbocycles. The molecule has 2 nitrogen and oxygen atoms in total. The highest BCUT2D eigenvalue weighted by atomic mass is 35.5. The van der Waals surface area contributed by atoms with Crippen molar-refractivity contribution < 1.29 is 4.39 Å². The van der Waals surface area contributed by atoms with Gasteiger partial charge in [-0.3, -0.25) is 11.3 Å². The number of hydrogen-bond donors (Lipinski definition) is 2.